The average Bonchev–Trinajstić information content (AvgIpc) is 3.40. The van der Waals surface area contributed by atoms with Crippen LogP contribution in [0.4, 0.5) is 17.1 Å². The van der Waals surface area contributed by atoms with E-state index >= 15 is 0 Å². The summed E-state index contributed by atoms with van der Waals surface area (Å²) in [5, 5.41) is 0. The van der Waals surface area contributed by atoms with Gasteiger partial charge in [0.25, 0.3) is 0 Å². The van der Waals surface area contributed by atoms with Crippen LogP contribution in [0.2, 0.25) is 54.4 Å². The molecule has 0 atom stereocenters. The number of hydrogen-bond donors (Lipinski definition) is 0. The molecule has 0 bridgehead atoms. The minimum Gasteiger partial charge on any atom is -0.378 e. The molecule has 0 fully saturated rings. The molecule has 0 aliphatic carbocycles. The Morgan fingerprint density at radius 1 is 0.264 bits per heavy atom. The van der Waals surface area contributed by atoms with Gasteiger partial charge in [-0.2, -0.15) is 0 Å². The van der Waals surface area contributed by atoms with E-state index in [4.69, 9.17) is 0 Å². The fourth-order valence-corrected chi connectivity index (χ4v) is 15.5. The lowest BCUT2D eigenvalue weighted by atomic mass is 9.87. The second-order valence-electron chi connectivity index (χ2n) is 18.8. The predicted octanol–water partition coefficient (Wildman–Crippen LogP) is 13.3. The second kappa shape index (κ2) is 28.1. The van der Waals surface area contributed by atoms with Crippen LogP contribution in [0.15, 0.2) is 72.8 Å². The van der Waals surface area contributed by atoms with Gasteiger partial charge in [0.05, 0.1) is 33.4 Å². The fraction of sp³-hybridized carbons (Fsp3) is 0.364. The van der Waals surface area contributed by atoms with Gasteiger partial charge in [-0.25, -0.2) is 0 Å². The molecule has 0 saturated carbocycles. The van der Waals surface area contributed by atoms with E-state index in [2.05, 4.69) is 219 Å². The molecule has 4 aromatic rings. The molecule has 366 valence electrons. The molecule has 0 spiro atoms. The van der Waals surface area contributed by atoms with Gasteiger partial charge in [-0.05, 0) is 163 Å². The van der Waals surface area contributed by atoms with Gasteiger partial charge in [0.15, 0.2) is 0 Å². The highest BCUT2D eigenvalue weighted by Crippen LogP contribution is 2.30. The van der Waals surface area contributed by atoms with Crippen molar-refractivity contribution in [2.75, 3.05) is 57.0 Å². The number of benzene rings is 4. The molecule has 0 N–H and O–H groups in total. The van der Waals surface area contributed by atoms with Crippen LogP contribution in [-0.4, -0.2) is 66.5 Å². The zero-order valence-corrected chi connectivity index (χ0v) is 49.1. The first-order chi connectivity index (χ1) is 34.6. The average molecular weight is 995 g/mol. The monoisotopic (exact) mass is 994 g/mol. The van der Waals surface area contributed by atoms with Gasteiger partial charge < -0.3 is 14.7 Å². The van der Waals surface area contributed by atoms with Crippen molar-refractivity contribution in [1.29, 1.82) is 0 Å². The van der Waals surface area contributed by atoms with Gasteiger partial charge in [-0.15, -0.1) is 16.6 Å². The van der Waals surface area contributed by atoms with Crippen molar-refractivity contribution in [3.05, 3.63) is 123 Å². The van der Waals surface area contributed by atoms with Crippen LogP contribution >= 0.6 is 0 Å². The third-order valence-corrected chi connectivity index (χ3v) is 28.6. The third-order valence-electron chi connectivity index (χ3n) is 14.5. The van der Waals surface area contributed by atoms with E-state index in [0.29, 0.717) is 16.7 Å². The number of hydrogen-bond acceptors (Lipinski definition) is 3. The summed E-state index contributed by atoms with van der Waals surface area (Å²) in [6, 6.07) is 34.0. The van der Waals surface area contributed by atoms with E-state index in [0.717, 1.165) is 105 Å². The third kappa shape index (κ3) is 15.5. The zero-order valence-electron chi connectivity index (χ0n) is 46.1. The van der Waals surface area contributed by atoms with Crippen LogP contribution in [0.1, 0.15) is 112 Å². The molecule has 4 aromatic carbocycles. The summed E-state index contributed by atoms with van der Waals surface area (Å²) in [7, 11) is 6.17. The first kappa shape index (κ1) is 57.5. The SMILES string of the molecule is CC[Si](C#Cc1c(C#CC#Cc2ccc(N(C)C)cc2)c(C#C[Si](CC)(CC)CC)c(C#CC#Cc2ccc(N(C)C)cc2)c(C#C[Si](CC)(CC)CC)c1C#CC#Cc1ccc(N(C)C)cc1)(CC)CC. The lowest BCUT2D eigenvalue weighted by Gasteiger charge is -2.21. The molecule has 0 heterocycles. The Morgan fingerprint density at radius 2 is 0.444 bits per heavy atom. The molecule has 3 nitrogen and oxygen atoms in total. The van der Waals surface area contributed by atoms with Crippen LogP contribution in [0, 0.1) is 105 Å². The molecule has 0 aromatic heterocycles. The Bertz CT molecular complexity index is 2720. The summed E-state index contributed by atoms with van der Waals surface area (Å²) in [4.78, 5) is 6.23. The van der Waals surface area contributed by atoms with Crippen molar-refractivity contribution < 1.29 is 0 Å². The quantitative estimate of drug-likeness (QED) is 0.103. The maximum Gasteiger partial charge on any atom is 0.138 e. The highest BCUT2D eigenvalue weighted by atomic mass is 28.3. The normalized spacial score (nSPS) is 10.2. The van der Waals surface area contributed by atoms with E-state index in [1.807, 2.05) is 78.7 Å². The first-order valence-corrected chi connectivity index (χ1v) is 33.7. The van der Waals surface area contributed by atoms with Gasteiger partial charge in [0.2, 0.25) is 0 Å². The summed E-state index contributed by atoms with van der Waals surface area (Å²) < 4.78 is 0. The molecule has 6 heteroatoms. The van der Waals surface area contributed by atoms with Crippen LogP contribution in [0.5, 0.6) is 0 Å². The van der Waals surface area contributed by atoms with Gasteiger partial charge in [0, 0.05) is 76.0 Å². The lowest BCUT2D eigenvalue weighted by Crippen LogP contribution is -2.29. The lowest BCUT2D eigenvalue weighted by molar-refractivity contribution is 1.13. The number of nitrogens with zero attached hydrogens (tertiary/aromatic N) is 3. The van der Waals surface area contributed by atoms with Crippen LogP contribution in [-0.2, 0) is 0 Å². The van der Waals surface area contributed by atoms with E-state index < -0.39 is 24.2 Å². The van der Waals surface area contributed by atoms with E-state index in [1.165, 1.54) is 0 Å². The van der Waals surface area contributed by atoms with Crippen molar-refractivity contribution in [3.63, 3.8) is 0 Å². The predicted molar refractivity (Wildman–Crippen MR) is 322 cm³/mol. The van der Waals surface area contributed by atoms with Crippen molar-refractivity contribution in [2.24, 2.45) is 0 Å². The van der Waals surface area contributed by atoms with E-state index in [1.54, 1.807) is 0 Å². The second-order valence-corrected chi connectivity index (χ2v) is 33.6. The summed E-state index contributed by atoms with van der Waals surface area (Å²) in [6.07, 6.45) is 0. The smallest absolute Gasteiger partial charge is 0.138 e. The topological polar surface area (TPSA) is 9.72 Å². The largest absolute Gasteiger partial charge is 0.378 e. The molecule has 0 unspecified atom stereocenters. The van der Waals surface area contributed by atoms with Crippen LogP contribution in [0.3, 0.4) is 0 Å². The minimum absolute atomic E-state index is 0.688. The Kier molecular flexibility index (Phi) is 22.5. The minimum atomic E-state index is -2.01. The molecule has 4 rings (SSSR count). The van der Waals surface area contributed by atoms with Gasteiger partial charge in [-0.3, -0.25) is 0 Å². The van der Waals surface area contributed by atoms with Crippen molar-refractivity contribution >= 4 is 41.3 Å². The van der Waals surface area contributed by atoms with Crippen LogP contribution in [0.25, 0.3) is 0 Å². The standard InChI is InChI=1S/C66H75N3Si3/c1-16-70(17-2,18-3)52-49-64-61(34-28-25-31-55-37-43-58(44-38-55)67(10)11)65(50-53-71(19-4,20-5)21-6)63(36-30-27-33-57-41-47-60(48-42-57)69(14)15)66(51-54-72(22-7,23-8)24-9)62(64)35-29-26-32-56-39-45-59(46-40-56)68(12)13/h37-48H,16-24H2,1-15H3. The summed E-state index contributed by atoms with van der Waals surface area (Å²) >= 11 is 0. The van der Waals surface area contributed by atoms with E-state index in [-0.39, 0.29) is 0 Å². The zero-order chi connectivity index (χ0) is 52.7. The van der Waals surface area contributed by atoms with Gasteiger partial charge in [-0.1, -0.05) is 116 Å². The molecule has 0 aliphatic heterocycles. The van der Waals surface area contributed by atoms with Gasteiger partial charge >= 0.3 is 0 Å². The Labute approximate surface area is 440 Å². The molecule has 0 saturated heterocycles. The summed E-state index contributed by atoms with van der Waals surface area (Å²) in [6.45, 7) is 20.6. The molecular weight excluding hydrogens is 919 g/mol. The highest BCUT2D eigenvalue weighted by molar-refractivity contribution is 6.88. The van der Waals surface area contributed by atoms with Crippen molar-refractivity contribution in [1.82, 2.24) is 0 Å². The Hall–Kier alpha value is -7.03. The molecule has 0 amide bonds. The highest BCUT2D eigenvalue weighted by Gasteiger charge is 2.28. The number of anilines is 3. The van der Waals surface area contributed by atoms with Crippen LogP contribution < -0.4 is 14.7 Å². The molecule has 0 radical (unpaired) electrons. The summed E-state index contributed by atoms with van der Waals surface area (Å²) in [5.74, 6) is 51.6. The first-order valence-electron chi connectivity index (χ1n) is 25.9. The van der Waals surface area contributed by atoms with Crippen molar-refractivity contribution in [3.8, 4) is 105 Å². The molecule has 0 aliphatic rings. The summed E-state index contributed by atoms with van der Waals surface area (Å²) in [5.41, 5.74) is 22.1. The Morgan fingerprint density at radius 3 is 0.625 bits per heavy atom. The molecular formula is C66H75N3Si3. The maximum atomic E-state index is 3.94. The Balaban J connectivity index is 2.36. The fourth-order valence-electron chi connectivity index (χ4n) is 8.25. The molecule has 72 heavy (non-hydrogen) atoms. The van der Waals surface area contributed by atoms with Gasteiger partial charge in [0.1, 0.15) is 24.2 Å². The van der Waals surface area contributed by atoms with Crippen molar-refractivity contribution in [2.45, 2.75) is 117 Å². The van der Waals surface area contributed by atoms with E-state index in [9.17, 15) is 0 Å². The number of rotatable bonds is 12. The maximum absolute atomic E-state index is 3.94.